The second kappa shape index (κ2) is 6.35. The summed E-state index contributed by atoms with van der Waals surface area (Å²) in [5, 5.41) is 3.24. The molecule has 0 aromatic rings. The van der Waals surface area contributed by atoms with E-state index in [1.807, 2.05) is 0 Å². The largest absolute Gasteiger partial charge is 0.348 e. The van der Waals surface area contributed by atoms with Gasteiger partial charge in [0.05, 0.1) is 5.75 Å². The Bertz CT molecular complexity index is 346. The van der Waals surface area contributed by atoms with E-state index in [0.29, 0.717) is 12.6 Å². The van der Waals surface area contributed by atoms with Gasteiger partial charge in [-0.15, -0.1) is 0 Å². The number of sulfone groups is 1. The van der Waals surface area contributed by atoms with Gasteiger partial charge in [-0.05, 0) is 12.8 Å². The predicted molar refractivity (Wildman–Crippen MR) is 67.6 cm³/mol. The summed E-state index contributed by atoms with van der Waals surface area (Å²) in [6, 6.07) is 0.467. The lowest BCUT2D eigenvalue weighted by Gasteiger charge is -2.13. The van der Waals surface area contributed by atoms with Crippen LogP contribution in [0.5, 0.6) is 0 Å². The molecule has 1 rings (SSSR count). The van der Waals surface area contributed by atoms with Crippen LogP contribution in [0.2, 0.25) is 0 Å². The van der Waals surface area contributed by atoms with Crippen molar-refractivity contribution in [2.24, 2.45) is 0 Å². The van der Waals surface area contributed by atoms with Crippen LogP contribution in [0.4, 0.5) is 0 Å². The highest BCUT2D eigenvalue weighted by Gasteiger charge is 2.19. The van der Waals surface area contributed by atoms with Gasteiger partial charge in [-0.2, -0.15) is 0 Å². The van der Waals surface area contributed by atoms with Crippen molar-refractivity contribution in [3.05, 3.63) is 0 Å². The Morgan fingerprint density at radius 2 is 1.88 bits per heavy atom. The summed E-state index contributed by atoms with van der Waals surface area (Å²) in [5.41, 5.74) is 0. The van der Waals surface area contributed by atoms with Crippen LogP contribution in [0.1, 0.15) is 25.7 Å². The lowest BCUT2D eigenvalue weighted by atomic mass is 10.2. The molecular formula is C11H22N2O3S. The molecule has 0 radical (unpaired) electrons. The van der Waals surface area contributed by atoms with Gasteiger partial charge in [-0.3, -0.25) is 4.79 Å². The molecule has 0 saturated heterocycles. The van der Waals surface area contributed by atoms with Gasteiger partial charge in [0.1, 0.15) is 5.75 Å². The molecule has 0 aliphatic heterocycles. The van der Waals surface area contributed by atoms with Crippen LogP contribution in [0.15, 0.2) is 0 Å². The maximum Gasteiger partial charge on any atom is 0.237 e. The average molecular weight is 262 g/mol. The van der Waals surface area contributed by atoms with Crippen molar-refractivity contribution in [2.75, 3.05) is 32.1 Å². The first kappa shape index (κ1) is 14.4. The normalized spacial score (nSPS) is 17.3. The minimum absolute atomic E-state index is 0.0447. The molecule has 1 amide bonds. The molecule has 0 spiro atoms. The summed E-state index contributed by atoms with van der Waals surface area (Å²) in [4.78, 5) is 12.6. The quantitative estimate of drug-likeness (QED) is 0.733. The molecule has 1 fully saturated rings. The van der Waals surface area contributed by atoms with E-state index in [0.717, 1.165) is 12.8 Å². The van der Waals surface area contributed by atoms with Crippen LogP contribution < -0.4 is 5.32 Å². The second-order valence-corrected chi connectivity index (χ2v) is 7.00. The van der Waals surface area contributed by atoms with E-state index in [1.165, 1.54) is 17.7 Å². The summed E-state index contributed by atoms with van der Waals surface area (Å²) < 4.78 is 23.3. The number of carbonyl (C=O) groups is 1. The van der Waals surface area contributed by atoms with Gasteiger partial charge in [0, 0.05) is 26.7 Å². The number of carbonyl (C=O) groups excluding carboxylic acids is 1. The summed E-state index contributed by atoms with van der Waals surface area (Å²) in [6.07, 6.45) is 4.72. The third kappa shape index (κ3) is 5.50. The molecule has 1 N–H and O–H groups in total. The van der Waals surface area contributed by atoms with E-state index in [-0.39, 0.29) is 17.4 Å². The van der Waals surface area contributed by atoms with Gasteiger partial charge in [-0.25, -0.2) is 8.42 Å². The van der Waals surface area contributed by atoms with E-state index >= 15 is 0 Å². The van der Waals surface area contributed by atoms with E-state index in [9.17, 15) is 13.2 Å². The van der Waals surface area contributed by atoms with Gasteiger partial charge in [-0.1, -0.05) is 12.8 Å². The summed E-state index contributed by atoms with van der Waals surface area (Å²) >= 11 is 0. The molecule has 1 aliphatic carbocycles. The Balaban J connectivity index is 2.26. The van der Waals surface area contributed by atoms with Gasteiger partial charge in [0.25, 0.3) is 0 Å². The number of nitrogens with one attached hydrogen (secondary N) is 1. The van der Waals surface area contributed by atoms with E-state index in [4.69, 9.17) is 0 Å². The minimum Gasteiger partial charge on any atom is -0.348 e. The molecule has 0 aromatic heterocycles. The van der Waals surface area contributed by atoms with Crippen LogP contribution in [0.25, 0.3) is 0 Å². The monoisotopic (exact) mass is 262 g/mol. The molecule has 0 heterocycles. The zero-order valence-corrected chi connectivity index (χ0v) is 11.4. The fourth-order valence-electron chi connectivity index (χ4n) is 1.94. The van der Waals surface area contributed by atoms with Gasteiger partial charge >= 0.3 is 0 Å². The maximum absolute atomic E-state index is 11.6. The maximum atomic E-state index is 11.6. The Morgan fingerprint density at radius 1 is 1.29 bits per heavy atom. The van der Waals surface area contributed by atoms with Crippen molar-refractivity contribution in [3.63, 3.8) is 0 Å². The van der Waals surface area contributed by atoms with Gasteiger partial charge in [0.15, 0.2) is 9.84 Å². The molecule has 100 valence electrons. The Morgan fingerprint density at radius 3 is 2.41 bits per heavy atom. The first-order valence-electron chi connectivity index (χ1n) is 6.05. The van der Waals surface area contributed by atoms with Crippen molar-refractivity contribution >= 4 is 15.7 Å². The molecule has 0 bridgehead atoms. The standard InChI is InChI=1S/C11H22N2O3S/c1-13(2)11(14)9-17(15,16)8-7-12-10-5-3-4-6-10/h10,12H,3-9H2,1-2H3. The fourth-order valence-corrected chi connectivity index (χ4v) is 3.15. The summed E-state index contributed by atoms with van der Waals surface area (Å²) in [5.74, 6) is -0.694. The van der Waals surface area contributed by atoms with E-state index in [1.54, 1.807) is 14.1 Å². The number of amides is 1. The van der Waals surface area contributed by atoms with Crippen molar-refractivity contribution in [3.8, 4) is 0 Å². The van der Waals surface area contributed by atoms with Crippen LogP contribution in [0.3, 0.4) is 0 Å². The number of rotatable bonds is 6. The first-order valence-corrected chi connectivity index (χ1v) is 7.87. The molecule has 1 saturated carbocycles. The van der Waals surface area contributed by atoms with Crippen LogP contribution in [-0.4, -0.2) is 57.4 Å². The molecule has 6 heteroatoms. The zero-order valence-electron chi connectivity index (χ0n) is 10.6. The van der Waals surface area contributed by atoms with Crippen molar-refractivity contribution in [2.45, 2.75) is 31.7 Å². The van der Waals surface area contributed by atoms with Crippen molar-refractivity contribution in [1.29, 1.82) is 0 Å². The highest BCUT2D eigenvalue weighted by molar-refractivity contribution is 7.92. The second-order valence-electron chi connectivity index (χ2n) is 4.82. The lowest BCUT2D eigenvalue weighted by Crippen LogP contribution is -2.35. The lowest BCUT2D eigenvalue weighted by molar-refractivity contribution is -0.125. The molecule has 0 aromatic carbocycles. The Labute approximate surface area is 103 Å². The molecule has 17 heavy (non-hydrogen) atoms. The smallest absolute Gasteiger partial charge is 0.237 e. The predicted octanol–water partition coefficient (Wildman–Crippen LogP) is 0.0216. The van der Waals surface area contributed by atoms with E-state index in [2.05, 4.69) is 5.32 Å². The first-order chi connectivity index (χ1) is 7.91. The van der Waals surface area contributed by atoms with Crippen LogP contribution in [-0.2, 0) is 14.6 Å². The van der Waals surface area contributed by atoms with Crippen LogP contribution in [0, 0.1) is 0 Å². The molecular weight excluding hydrogens is 240 g/mol. The number of hydrogen-bond donors (Lipinski definition) is 1. The summed E-state index contributed by atoms with van der Waals surface area (Å²) in [6.45, 7) is 0.452. The SMILES string of the molecule is CN(C)C(=O)CS(=O)(=O)CCNC1CCCC1. The third-order valence-electron chi connectivity index (χ3n) is 3.04. The van der Waals surface area contributed by atoms with Crippen molar-refractivity contribution < 1.29 is 13.2 Å². The molecule has 5 nitrogen and oxygen atoms in total. The highest BCUT2D eigenvalue weighted by Crippen LogP contribution is 2.17. The zero-order chi connectivity index (χ0) is 12.9. The minimum atomic E-state index is -3.27. The average Bonchev–Trinajstić information content (AvgIpc) is 2.69. The highest BCUT2D eigenvalue weighted by atomic mass is 32.2. The Kier molecular flexibility index (Phi) is 5.39. The molecule has 0 unspecified atom stereocenters. The summed E-state index contributed by atoms with van der Waals surface area (Å²) in [7, 11) is -0.143. The van der Waals surface area contributed by atoms with E-state index < -0.39 is 9.84 Å². The van der Waals surface area contributed by atoms with Crippen LogP contribution >= 0.6 is 0 Å². The van der Waals surface area contributed by atoms with Gasteiger partial charge < -0.3 is 10.2 Å². The van der Waals surface area contributed by atoms with Crippen molar-refractivity contribution in [1.82, 2.24) is 10.2 Å². The molecule has 0 atom stereocenters. The molecule has 1 aliphatic rings. The third-order valence-corrected chi connectivity index (χ3v) is 4.56. The fraction of sp³-hybridized carbons (Fsp3) is 0.909. The topological polar surface area (TPSA) is 66.5 Å². The number of nitrogens with zero attached hydrogens (tertiary/aromatic N) is 1. The Hall–Kier alpha value is -0.620. The number of hydrogen-bond acceptors (Lipinski definition) is 4. The van der Waals surface area contributed by atoms with Gasteiger partial charge in [0.2, 0.25) is 5.91 Å².